The summed E-state index contributed by atoms with van der Waals surface area (Å²) in [5.74, 6) is -1.89. The monoisotopic (exact) mass is 248 g/mol. The van der Waals surface area contributed by atoms with E-state index in [1.165, 1.54) is 12.1 Å². The Balaban J connectivity index is 2.37. The van der Waals surface area contributed by atoms with Gasteiger partial charge in [0.15, 0.2) is 0 Å². The Hall–Kier alpha value is -2.09. The molecule has 18 heavy (non-hydrogen) atoms. The van der Waals surface area contributed by atoms with Crippen molar-refractivity contribution in [3.63, 3.8) is 0 Å². The maximum absolute atomic E-state index is 13.5. The van der Waals surface area contributed by atoms with Crippen LogP contribution in [0.1, 0.15) is 18.9 Å². The third kappa shape index (κ3) is 1.90. The normalized spacial score (nSPS) is 22.8. The molecule has 4 nitrogen and oxygen atoms in total. The third-order valence-corrected chi connectivity index (χ3v) is 3.48. The molecule has 1 aromatic carbocycles. The summed E-state index contributed by atoms with van der Waals surface area (Å²) in [4.78, 5) is 12.8. The maximum Gasteiger partial charge on any atom is 0.308 e. The van der Waals surface area contributed by atoms with Crippen molar-refractivity contribution in [1.82, 2.24) is 0 Å². The highest BCUT2D eigenvalue weighted by Crippen LogP contribution is 2.32. The Labute approximate surface area is 104 Å². The van der Waals surface area contributed by atoms with Gasteiger partial charge < -0.3 is 10.0 Å². The number of carbonyl (C=O) groups is 1. The molecule has 0 saturated carbocycles. The zero-order valence-corrected chi connectivity index (χ0v) is 9.93. The SMILES string of the molecule is CC1C(C(=O)O)CCN1c1cccc(F)c1C#N. The molecular formula is C13H13FN2O2. The molecule has 0 bridgehead atoms. The van der Waals surface area contributed by atoms with Crippen molar-refractivity contribution in [2.45, 2.75) is 19.4 Å². The predicted octanol–water partition coefficient (Wildman–Crippen LogP) is 2.00. The van der Waals surface area contributed by atoms with Crippen molar-refractivity contribution in [1.29, 1.82) is 5.26 Å². The molecule has 0 aromatic heterocycles. The van der Waals surface area contributed by atoms with Crippen LogP contribution in [0.2, 0.25) is 0 Å². The molecular weight excluding hydrogens is 235 g/mol. The average molecular weight is 248 g/mol. The first-order valence-corrected chi connectivity index (χ1v) is 5.74. The van der Waals surface area contributed by atoms with Gasteiger partial charge in [0, 0.05) is 12.6 Å². The fourth-order valence-electron chi connectivity index (χ4n) is 2.47. The van der Waals surface area contributed by atoms with Crippen molar-refractivity contribution in [3.05, 3.63) is 29.6 Å². The number of carboxylic acids is 1. The Morgan fingerprint density at radius 1 is 1.61 bits per heavy atom. The van der Waals surface area contributed by atoms with E-state index in [4.69, 9.17) is 10.4 Å². The molecule has 0 amide bonds. The van der Waals surface area contributed by atoms with E-state index in [0.29, 0.717) is 18.7 Å². The van der Waals surface area contributed by atoms with Gasteiger partial charge in [-0.2, -0.15) is 5.26 Å². The van der Waals surface area contributed by atoms with Crippen LogP contribution < -0.4 is 4.90 Å². The largest absolute Gasteiger partial charge is 0.481 e. The van der Waals surface area contributed by atoms with Crippen LogP contribution in [-0.2, 0) is 4.79 Å². The van der Waals surface area contributed by atoms with Gasteiger partial charge in [0.1, 0.15) is 17.4 Å². The molecule has 2 unspecified atom stereocenters. The lowest BCUT2D eigenvalue weighted by atomic mass is 10.0. The van der Waals surface area contributed by atoms with Crippen LogP contribution in [0.25, 0.3) is 0 Å². The highest BCUT2D eigenvalue weighted by molar-refractivity contribution is 5.73. The molecule has 0 aliphatic carbocycles. The summed E-state index contributed by atoms with van der Waals surface area (Å²) < 4.78 is 13.5. The number of nitrogens with zero attached hydrogens (tertiary/aromatic N) is 2. The van der Waals surface area contributed by atoms with Gasteiger partial charge in [-0.05, 0) is 25.5 Å². The van der Waals surface area contributed by atoms with Crippen molar-refractivity contribution in [2.75, 3.05) is 11.4 Å². The Kier molecular flexibility index (Phi) is 3.19. The molecule has 1 aromatic rings. The molecule has 1 heterocycles. The average Bonchev–Trinajstić information content (AvgIpc) is 2.70. The van der Waals surface area contributed by atoms with Crippen LogP contribution >= 0.6 is 0 Å². The van der Waals surface area contributed by atoms with E-state index < -0.39 is 17.7 Å². The van der Waals surface area contributed by atoms with Crippen LogP contribution in [-0.4, -0.2) is 23.7 Å². The first kappa shape index (κ1) is 12.4. The zero-order valence-electron chi connectivity index (χ0n) is 9.93. The Bertz CT molecular complexity index is 524. The summed E-state index contributed by atoms with van der Waals surface area (Å²) in [6.45, 7) is 2.31. The first-order chi connectivity index (χ1) is 8.56. The Morgan fingerprint density at radius 3 is 2.89 bits per heavy atom. The number of aliphatic carboxylic acids is 1. The Morgan fingerprint density at radius 2 is 2.33 bits per heavy atom. The van der Waals surface area contributed by atoms with E-state index in [9.17, 15) is 9.18 Å². The van der Waals surface area contributed by atoms with E-state index in [1.54, 1.807) is 17.9 Å². The van der Waals surface area contributed by atoms with Gasteiger partial charge in [-0.1, -0.05) is 6.07 Å². The summed E-state index contributed by atoms with van der Waals surface area (Å²) in [6, 6.07) is 6.02. The summed E-state index contributed by atoms with van der Waals surface area (Å²) in [6.07, 6.45) is 0.512. The lowest BCUT2D eigenvalue weighted by molar-refractivity contribution is -0.141. The fraction of sp³-hybridized carbons (Fsp3) is 0.385. The number of anilines is 1. The number of benzene rings is 1. The maximum atomic E-state index is 13.5. The second kappa shape index (κ2) is 4.65. The van der Waals surface area contributed by atoms with Gasteiger partial charge in [0.25, 0.3) is 0 Å². The number of hydrogen-bond acceptors (Lipinski definition) is 3. The van der Waals surface area contributed by atoms with Gasteiger partial charge in [0.05, 0.1) is 11.6 Å². The predicted molar refractivity (Wildman–Crippen MR) is 63.7 cm³/mol. The minimum absolute atomic E-state index is 0.0182. The molecule has 0 spiro atoms. The molecule has 2 atom stereocenters. The quantitative estimate of drug-likeness (QED) is 0.869. The van der Waals surface area contributed by atoms with Crippen molar-refractivity contribution >= 4 is 11.7 Å². The van der Waals surface area contributed by atoms with Crippen LogP contribution in [0.5, 0.6) is 0 Å². The van der Waals surface area contributed by atoms with Crippen molar-refractivity contribution in [3.8, 4) is 6.07 Å². The third-order valence-electron chi connectivity index (χ3n) is 3.48. The van der Waals surface area contributed by atoms with Crippen LogP contribution in [0, 0.1) is 23.1 Å². The second-order valence-electron chi connectivity index (χ2n) is 4.41. The number of nitriles is 1. The molecule has 94 valence electrons. The number of rotatable bonds is 2. The molecule has 2 rings (SSSR count). The molecule has 1 fully saturated rings. The van der Waals surface area contributed by atoms with E-state index in [0.717, 1.165) is 0 Å². The lowest BCUT2D eigenvalue weighted by Crippen LogP contribution is -2.33. The summed E-state index contributed by atoms with van der Waals surface area (Å²) in [5.41, 5.74) is 0.462. The fourth-order valence-corrected chi connectivity index (χ4v) is 2.47. The second-order valence-corrected chi connectivity index (χ2v) is 4.41. The van der Waals surface area contributed by atoms with Gasteiger partial charge >= 0.3 is 5.97 Å². The molecule has 1 N–H and O–H groups in total. The van der Waals surface area contributed by atoms with E-state index in [2.05, 4.69) is 0 Å². The van der Waals surface area contributed by atoms with E-state index in [1.807, 2.05) is 6.07 Å². The van der Waals surface area contributed by atoms with Crippen molar-refractivity contribution < 1.29 is 14.3 Å². The standard InChI is InChI=1S/C13H13FN2O2/c1-8-9(13(17)18)5-6-16(8)12-4-2-3-11(14)10(12)7-15/h2-4,8-9H,5-6H2,1H3,(H,17,18). The molecule has 5 heteroatoms. The molecule has 1 aliphatic rings. The zero-order chi connectivity index (χ0) is 13.3. The number of hydrogen-bond donors (Lipinski definition) is 1. The topological polar surface area (TPSA) is 64.3 Å². The number of halogens is 1. The molecule has 1 saturated heterocycles. The van der Waals surface area contributed by atoms with E-state index in [-0.39, 0.29) is 11.6 Å². The number of carboxylic acid groups (broad SMARTS) is 1. The highest BCUT2D eigenvalue weighted by atomic mass is 19.1. The van der Waals surface area contributed by atoms with Crippen molar-refractivity contribution in [2.24, 2.45) is 5.92 Å². The molecule has 1 aliphatic heterocycles. The summed E-state index contributed by atoms with van der Waals surface area (Å²) in [5, 5.41) is 18.1. The lowest BCUT2D eigenvalue weighted by Gasteiger charge is -2.26. The minimum Gasteiger partial charge on any atom is -0.481 e. The molecule has 0 radical (unpaired) electrons. The highest BCUT2D eigenvalue weighted by Gasteiger charge is 2.36. The summed E-state index contributed by atoms with van der Waals surface area (Å²) in [7, 11) is 0. The smallest absolute Gasteiger partial charge is 0.308 e. The summed E-state index contributed by atoms with van der Waals surface area (Å²) >= 11 is 0. The van der Waals surface area contributed by atoms with Crippen LogP contribution in [0.4, 0.5) is 10.1 Å². The van der Waals surface area contributed by atoms with Gasteiger partial charge in [-0.15, -0.1) is 0 Å². The van der Waals surface area contributed by atoms with E-state index >= 15 is 0 Å². The van der Waals surface area contributed by atoms with Gasteiger partial charge in [0.2, 0.25) is 0 Å². The van der Waals surface area contributed by atoms with Crippen LogP contribution in [0.15, 0.2) is 18.2 Å². The van der Waals surface area contributed by atoms with Gasteiger partial charge in [-0.3, -0.25) is 4.79 Å². The van der Waals surface area contributed by atoms with Gasteiger partial charge in [-0.25, -0.2) is 4.39 Å². The first-order valence-electron chi connectivity index (χ1n) is 5.74. The van der Waals surface area contributed by atoms with Crippen LogP contribution in [0.3, 0.4) is 0 Å². The minimum atomic E-state index is -0.847.